The Morgan fingerprint density at radius 2 is 2.05 bits per heavy atom. The molecule has 112 valence electrons. The van der Waals surface area contributed by atoms with Crippen LogP contribution < -0.4 is 4.74 Å². The monoisotopic (exact) mass is 277 g/mol. The number of ether oxygens (including phenoxy) is 1. The molecule has 1 aromatic rings. The minimum absolute atomic E-state index is 0.161. The van der Waals surface area contributed by atoms with Crippen LogP contribution in [-0.2, 0) is 0 Å². The van der Waals surface area contributed by atoms with Crippen LogP contribution in [-0.4, -0.2) is 36.9 Å². The average molecular weight is 277 g/mol. The summed E-state index contributed by atoms with van der Waals surface area (Å²) in [6.45, 7) is 7.95. The maximum absolute atomic E-state index is 12.4. The van der Waals surface area contributed by atoms with Gasteiger partial charge in [-0.25, -0.2) is 0 Å². The van der Waals surface area contributed by atoms with Gasteiger partial charge in [-0.05, 0) is 38.9 Å². The molecule has 0 heterocycles. The lowest BCUT2D eigenvalue weighted by Gasteiger charge is -2.25. The maximum atomic E-state index is 12.4. The van der Waals surface area contributed by atoms with Crippen LogP contribution >= 0.6 is 0 Å². The molecule has 0 fully saturated rings. The Balaban J connectivity index is 2.64. The summed E-state index contributed by atoms with van der Waals surface area (Å²) in [7, 11) is 1.62. The fourth-order valence-corrected chi connectivity index (χ4v) is 2.16. The highest BCUT2D eigenvalue weighted by molar-refractivity contribution is 5.97. The molecule has 0 amide bonds. The summed E-state index contributed by atoms with van der Waals surface area (Å²) < 4.78 is 5.17. The van der Waals surface area contributed by atoms with Crippen molar-refractivity contribution in [1.29, 1.82) is 0 Å². The second kappa shape index (κ2) is 8.75. The van der Waals surface area contributed by atoms with Gasteiger partial charge in [0.25, 0.3) is 0 Å². The van der Waals surface area contributed by atoms with Gasteiger partial charge in [-0.15, -0.1) is 0 Å². The van der Waals surface area contributed by atoms with Crippen LogP contribution in [0.5, 0.6) is 5.75 Å². The van der Waals surface area contributed by atoms with Crippen LogP contribution in [0.2, 0.25) is 0 Å². The van der Waals surface area contributed by atoms with E-state index in [1.807, 2.05) is 24.3 Å². The molecular formula is C17H27NO2. The summed E-state index contributed by atoms with van der Waals surface area (Å²) in [5, 5.41) is 0. The molecule has 0 bridgehead atoms. The third kappa shape index (κ3) is 5.33. The number of ketones is 1. The molecule has 1 rings (SSSR count). The van der Waals surface area contributed by atoms with Crippen LogP contribution in [0.3, 0.4) is 0 Å². The lowest BCUT2D eigenvalue weighted by atomic mass is 10.1. The predicted octanol–water partition coefficient (Wildman–Crippen LogP) is 3.78. The highest BCUT2D eigenvalue weighted by atomic mass is 16.5. The third-order valence-corrected chi connectivity index (χ3v) is 3.52. The Hall–Kier alpha value is -1.35. The van der Waals surface area contributed by atoms with E-state index in [2.05, 4.69) is 25.7 Å². The molecule has 0 aliphatic rings. The Labute approximate surface area is 122 Å². The van der Waals surface area contributed by atoms with Gasteiger partial charge in [-0.3, -0.25) is 9.69 Å². The summed E-state index contributed by atoms with van der Waals surface area (Å²) >= 11 is 0. The van der Waals surface area contributed by atoms with Crippen molar-refractivity contribution < 1.29 is 9.53 Å². The number of nitrogens with zero attached hydrogens (tertiary/aromatic N) is 1. The number of hydrogen-bond acceptors (Lipinski definition) is 3. The van der Waals surface area contributed by atoms with Crippen LogP contribution in [0, 0.1) is 0 Å². The third-order valence-electron chi connectivity index (χ3n) is 3.52. The van der Waals surface area contributed by atoms with E-state index in [-0.39, 0.29) is 5.78 Å². The van der Waals surface area contributed by atoms with Crippen molar-refractivity contribution in [3.05, 3.63) is 29.8 Å². The van der Waals surface area contributed by atoms with Gasteiger partial charge in [0.15, 0.2) is 5.78 Å². The van der Waals surface area contributed by atoms with Gasteiger partial charge in [-0.1, -0.05) is 31.9 Å². The van der Waals surface area contributed by atoms with E-state index < -0.39 is 0 Å². The van der Waals surface area contributed by atoms with E-state index in [1.54, 1.807) is 7.11 Å². The number of rotatable bonds is 9. The largest absolute Gasteiger partial charge is 0.497 e. The van der Waals surface area contributed by atoms with Crippen molar-refractivity contribution >= 4 is 5.78 Å². The van der Waals surface area contributed by atoms with Crippen molar-refractivity contribution in [3.8, 4) is 5.75 Å². The number of benzene rings is 1. The molecule has 0 radical (unpaired) electrons. The standard InChI is InChI=1S/C17H27NO2/c1-5-6-7-11-18(14(2)3)13-17(19)15-9-8-10-16(12-15)20-4/h8-10,12,14H,5-7,11,13H2,1-4H3. The maximum Gasteiger partial charge on any atom is 0.176 e. The normalized spacial score (nSPS) is 11.1. The number of Topliss-reactive ketones (excluding diaryl/α,β-unsaturated/α-hetero) is 1. The SMILES string of the molecule is CCCCCN(CC(=O)c1cccc(OC)c1)C(C)C. The molecule has 3 heteroatoms. The highest BCUT2D eigenvalue weighted by Crippen LogP contribution is 2.14. The lowest BCUT2D eigenvalue weighted by molar-refractivity contribution is 0.0903. The molecule has 0 saturated heterocycles. The van der Waals surface area contributed by atoms with Gasteiger partial charge < -0.3 is 4.74 Å². The molecule has 20 heavy (non-hydrogen) atoms. The Kier molecular flexibility index (Phi) is 7.31. The summed E-state index contributed by atoms with van der Waals surface area (Å²) in [6, 6.07) is 7.78. The number of methoxy groups -OCH3 is 1. The van der Waals surface area contributed by atoms with E-state index in [4.69, 9.17) is 4.74 Å². The molecule has 3 nitrogen and oxygen atoms in total. The van der Waals surface area contributed by atoms with E-state index in [1.165, 1.54) is 12.8 Å². The van der Waals surface area contributed by atoms with Gasteiger partial charge in [-0.2, -0.15) is 0 Å². The average Bonchev–Trinajstić information content (AvgIpc) is 2.46. The topological polar surface area (TPSA) is 29.5 Å². The summed E-state index contributed by atoms with van der Waals surface area (Å²) in [6.07, 6.45) is 3.58. The molecule has 0 aromatic heterocycles. The van der Waals surface area contributed by atoms with Crippen molar-refractivity contribution in [2.75, 3.05) is 20.2 Å². The quantitative estimate of drug-likeness (QED) is 0.508. The van der Waals surface area contributed by atoms with Gasteiger partial charge in [0.1, 0.15) is 5.75 Å². The Morgan fingerprint density at radius 1 is 1.30 bits per heavy atom. The van der Waals surface area contributed by atoms with Crippen molar-refractivity contribution in [1.82, 2.24) is 4.90 Å². The zero-order chi connectivity index (χ0) is 15.0. The van der Waals surface area contributed by atoms with Crippen molar-refractivity contribution in [3.63, 3.8) is 0 Å². The zero-order valence-corrected chi connectivity index (χ0v) is 13.2. The van der Waals surface area contributed by atoms with Crippen LogP contribution in [0.25, 0.3) is 0 Å². The second-order valence-electron chi connectivity index (χ2n) is 5.43. The number of hydrogen-bond donors (Lipinski definition) is 0. The van der Waals surface area contributed by atoms with Crippen LogP contribution in [0.15, 0.2) is 24.3 Å². The van der Waals surface area contributed by atoms with Crippen LogP contribution in [0.4, 0.5) is 0 Å². The number of unbranched alkanes of at least 4 members (excludes halogenated alkanes) is 2. The van der Waals surface area contributed by atoms with Gasteiger partial charge >= 0.3 is 0 Å². The van der Waals surface area contributed by atoms with E-state index in [0.29, 0.717) is 12.6 Å². The van der Waals surface area contributed by atoms with Crippen molar-refractivity contribution in [2.24, 2.45) is 0 Å². The number of carbonyl (C=O) groups is 1. The van der Waals surface area contributed by atoms with E-state index in [0.717, 1.165) is 24.3 Å². The second-order valence-corrected chi connectivity index (χ2v) is 5.43. The molecule has 0 atom stereocenters. The first-order chi connectivity index (χ1) is 9.58. The first-order valence-corrected chi connectivity index (χ1v) is 7.49. The minimum atomic E-state index is 0.161. The lowest BCUT2D eigenvalue weighted by Crippen LogP contribution is -2.36. The predicted molar refractivity (Wildman–Crippen MR) is 83.6 cm³/mol. The molecule has 0 aliphatic heterocycles. The van der Waals surface area contributed by atoms with E-state index in [9.17, 15) is 4.79 Å². The molecule has 0 saturated carbocycles. The molecule has 1 aromatic carbocycles. The molecule has 0 N–H and O–H groups in total. The summed E-state index contributed by atoms with van der Waals surface area (Å²) in [4.78, 5) is 14.6. The molecule has 0 unspecified atom stereocenters. The Bertz CT molecular complexity index is 415. The van der Waals surface area contributed by atoms with Crippen LogP contribution in [0.1, 0.15) is 50.4 Å². The number of carbonyl (C=O) groups excluding carboxylic acids is 1. The fraction of sp³-hybridized carbons (Fsp3) is 0.588. The first-order valence-electron chi connectivity index (χ1n) is 7.49. The Morgan fingerprint density at radius 3 is 2.65 bits per heavy atom. The summed E-state index contributed by atoms with van der Waals surface area (Å²) in [5.41, 5.74) is 0.727. The van der Waals surface area contributed by atoms with Gasteiger partial charge in [0, 0.05) is 11.6 Å². The molecule has 0 aliphatic carbocycles. The fourth-order valence-electron chi connectivity index (χ4n) is 2.16. The minimum Gasteiger partial charge on any atom is -0.497 e. The smallest absolute Gasteiger partial charge is 0.176 e. The van der Waals surface area contributed by atoms with Gasteiger partial charge in [0.05, 0.1) is 13.7 Å². The summed E-state index contributed by atoms with van der Waals surface area (Å²) in [5.74, 6) is 0.895. The van der Waals surface area contributed by atoms with Crippen molar-refractivity contribution in [2.45, 2.75) is 46.1 Å². The highest BCUT2D eigenvalue weighted by Gasteiger charge is 2.15. The molecule has 0 spiro atoms. The molecular weight excluding hydrogens is 250 g/mol. The zero-order valence-electron chi connectivity index (χ0n) is 13.2. The first kappa shape index (κ1) is 16.7. The van der Waals surface area contributed by atoms with E-state index >= 15 is 0 Å². The van der Waals surface area contributed by atoms with Gasteiger partial charge in [0.2, 0.25) is 0 Å².